The van der Waals surface area contributed by atoms with Crippen LogP contribution in [-0.2, 0) is 14.2 Å². The van der Waals surface area contributed by atoms with Crippen LogP contribution >= 0.6 is 0 Å². The average molecular weight is 311 g/mol. The Morgan fingerprint density at radius 3 is 2.72 bits per heavy atom. The van der Waals surface area contributed by atoms with E-state index in [1.165, 1.54) is 4.46 Å². The van der Waals surface area contributed by atoms with Crippen molar-refractivity contribution in [1.29, 1.82) is 0 Å². The van der Waals surface area contributed by atoms with E-state index in [1.54, 1.807) is 0 Å². The summed E-state index contributed by atoms with van der Waals surface area (Å²) in [6.07, 6.45) is 3.02. The zero-order chi connectivity index (χ0) is 12.2. The van der Waals surface area contributed by atoms with Crippen LogP contribution in [0.2, 0.25) is 0 Å². The van der Waals surface area contributed by atoms with Gasteiger partial charge in [0.15, 0.2) is 0 Å². The normalized spacial score (nSPS) is 45.4. The van der Waals surface area contributed by atoms with Gasteiger partial charge in [-0.25, -0.2) is 0 Å². The predicted octanol–water partition coefficient (Wildman–Crippen LogP) is 1.59. The van der Waals surface area contributed by atoms with Gasteiger partial charge in [0.05, 0.1) is 0 Å². The quantitative estimate of drug-likeness (QED) is 0.777. The Labute approximate surface area is 113 Å². The van der Waals surface area contributed by atoms with Crippen LogP contribution in [0.1, 0.15) is 26.2 Å². The van der Waals surface area contributed by atoms with Gasteiger partial charge in [-0.1, -0.05) is 0 Å². The van der Waals surface area contributed by atoms with Crippen LogP contribution in [0.3, 0.4) is 0 Å². The Kier molecular flexibility index (Phi) is 2.42. The Balaban J connectivity index is 1.64. The topological polar surface area (TPSA) is 27.7 Å². The number of ether oxygens (including phenoxy) is 3. The maximum absolute atomic E-state index is 6.19. The molecule has 96 valence electrons. The molecular weight excluding hydrogens is 295 g/mol. The van der Waals surface area contributed by atoms with Crippen molar-refractivity contribution in [3.63, 3.8) is 0 Å². The number of benzene rings is 1. The summed E-state index contributed by atoms with van der Waals surface area (Å²) in [5.74, 6) is 0.280. The van der Waals surface area contributed by atoms with E-state index in [9.17, 15) is 0 Å². The van der Waals surface area contributed by atoms with E-state index >= 15 is 0 Å². The molecule has 4 bridgehead atoms. The first-order valence-electron chi connectivity index (χ1n) is 6.45. The van der Waals surface area contributed by atoms with Gasteiger partial charge in [-0.15, -0.1) is 0 Å². The van der Waals surface area contributed by atoms with Gasteiger partial charge in [0.2, 0.25) is 0 Å². The van der Waals surface area contributed by atoms with Gasteiger partial charge in [-0.05, 0) is 0 Å². The van der Waals surface area contributed by atoms with E-state index in [4.69, 9.17) is 14.2 Å². The standard InChI is InChI=1S/C14H16O3Se/c1-13-8-10-7-12(15-13)16-14(9-10,17-13)18-11-5-3-2-4-6-11/h2-6,10,12H,7-9H2,1H3/t10-,12+,13-,14-/m1/s1. The van der Waals surface area contributed by atoms with Gasteiger partial charge in [0.25, 0.3) is 0 Å². The summed E-state index contributed by atoms with van der Waals surface area (Å²) in [5, 5.41) is 0. The molecule has 0 amide bonds. The zero-order valence-electron chi connectivity index (χ0n) is 10.3. The van der Waals surface area contributed by atoms with Crippen molar-refractivity contribution in [1.82, 2.24) is 0 Å². The molecule has 0 radical (unpaired) electrons. The Hall–Kier alpha value is -0.381. The maximum atomic E-state index is 6.19. The Morgan fingerprint density at radius 1 is 1.17 bits per heavy atom. The summed E-state index contributed by atoms with van der Waals surface area (Å²) >= 11 is 0.177. The van der Waals surface area contributed by atoms with Crippen LogP contribution in [0, 0.1) is 5.92 Å². The minimum atomic E-state index is -0.416. The van der Waals surface area contributed by atoms with Gasteiger partial charge in [0, 0.05) is 0 Å². The zero-order valence-corrected chi connectivity index (χ0v) is 12.0. The summed E-state index contributed by atoms with van der Waals surface area (Å²) in [7, 11) is 0. The van der Waals surface area contributed by atoms with Crippen LogP contribution in [0.5, 0.6) is 0 Å². The molecule has 4 heterocycles. The summed E-state index contributed by atoms with van der Waals surface area (Å²) in [5.41, 5.74) is 0. The number of hydrogen-bond donors (Lipinski definition) is 0. The van der Waals surface area contributed by atoms with Crippen molar-refractivity contribution >= 4 is 19.4 Å². The van der Waals surface area contributed by atoms with E-state index in [2.05, 4.69) is 31.2 Å². The van der Waals surface area contributed by atoms with Crippen molar-refractivity contribution in [3.8, 4) is 0 Å². The third kappa shape index (κ3) is 1.84. The molecule has 1 aromatic rings. The molecule has 4 heteroatoms. The summed E-state index contributed by atoms with van der Waals surface area (Å²) in [4.78, 5) is 0. The SMILES string of the molecule is C[C@@]12C[C@H]3C[C@@H](O1)O[C@]([Se]c1ccccc1)(C3)O2. The molecule has 4 saturated heterocycles. The molecule has 1 aromatic carbocycles. The molecule has 5 rings (SSSR count). The van der Waals surface area contributed by atoms with Gasteiger partial charge in [-0.3, -0.25) is 0 Å². The van der Waals surface area contributed by atoms with Gasteiger partial charge in [-0.2, -0.15) is 0 Å². The van der Waals surface area contributed by atoms with E-state index in [-0.39, 0.29) is 21.2 Å². The molecule has 4 atom stereocenters. The minimum absolute atomic E-state index is 0.0539. The summed E-state index contributed by atoms with van der Waals surface area (Å²) < 4.78 is 19.0. The molecule has 4 aliphatic heterocycles. The molecule has 0 saturated carbocycles. The van der Waals surface area contributed by atoms with E-state index in [1.807, 2.05) is 6.07 Å². The van der Waals surface area contributed by atoms with Crippen molar-refractivity contribution in [2.24, 2.45) is 5.92 Å². The first-order chi connectivity index (χ1) is 8.65. The second kappa shape index (κ2) is 3.81. The number of hydrogen-bond acceptors (Lipinski definition) is 3. The van der Waals surface area contributed by atoms with Crippen LogP contribution in [0.25, 0.3) is 0 Å². The predicted molar refractivity (Wildman–Crippen MR) is 67.4 cm³/mol. The molecule has 0 aromatic heterocycles. The average Bonchev–Trinajstić information content (AvgIpc) is 2.25. The van der Waals surface area contributed by atoms with Crippen LogP contribution in [0.15, 0.2) is 30.3 Å². The van der Waals surface area contributed by atoms with Gasteiger partial charge < -0.3 is 0 Å². The second-order valence-corrected chi connectivity index (χ2v) is 8.23. The van der Waals surface area contributed by atoms with Crippen LogP contribution in [0.4, 0.5) is 0 Å². The molecule has 4 fully saturated rings. The second-order valence-electron chi connectivity index (χ2n) is 5.51. The first-order valence-corrected chi connectivity index (χ1v) is 8.16. The molecule has 18 heavy (non-hydrogen) atoms. The molecule has 4 aliphatic rings. The van der Waals surface area contributed by atoms with E-state index in [0.717, 1.165) is 19.3 Å². The van der Waals surface area contributed by atoms with Crippen molar-refractivity contribution in [2.45, 2.75) is 42.9 Å². The third-order valence-corrected chi connectivity index (χ3v) is 6.25. The number of rotatable bonds is 2. The monoisotopic (exact) mass is 312 g/mol. The Morgan fingerprint density at radius 2 is 2.00 bits per heavy atom. The molecule has 0 spiro atoms. The van der Waals surface area contributed by atoms with E-state index in [0.29, 0.717) is 5.92 Å². The first kappa shape index (κ1) is 11.4. The summed E-state index contributed by atoms with van der Waals surface area (Å²) in [6.45, 7) is 2.06. The fourth-order valence-corrected chi connectivity index (χ4v) is 6.12. The fourth-order valence-electron chi connectivity index (χ4n) is 3.30. The van der Waals surface area contributed by atoms with Gasteiger partial charge in [0.1, 0.15) is 0 Å². The molecule has 0 N–H and O–H groups in total. The molecule has 0 aliphatic carbocycles. The Bertz CT molecular complexity index is 447. The molecule has 0 unspecified atom stereocenters. The van der Waals surface area contributed by atoms with Crippen LogP contribution in [-0.4, -0.2) is 31.7 Å². The van der Waals surface area contributed by atoms with Crippen molar-refractivity contribution < 1.29 is 14.2 Å². The fraction of sp³-hybridized carbons (Fsp3) is 0.571. The molecule has 3 nitrogen and oxygen atoms in total. The van der Waals surface area contributed by atoms with Crippen molar-refractivity contribution in [2.75, 3.05) is 0 Å². The van der Waals surface area contributed by atoms with E-state index < -0.39 is 10.5 Å². The van der Waals surface area contributed by atoms with Gasteiger partial charge >= 0.3 is 113 Å². The van der Waals surface area contributed by atoms with Crippen molar-refractivity contribution in [3.05, 3.63) is 30.3 Å². The molecular formula is C14H16O3Se. The van der Waals surface area contributed by atoms with Crippen LogP contribution < -0.4 is 4.46 Å². The summed E-state index contributed by atoms with van der Waals surface area (Å²) in [6, 6.07) is 10.5. The third-order valence-electron chi connectivity index (χ3n) is 3.80.